The third kappa shape index (κ3) is 4.41. The SMILES string of the molecule is COc1ccc2c(c1)CCCN(CCCC(=O)c1cc3c4c(c1)CCN4C(=O)CC3)C2.Cl. The summed E-state index contributed by atoms with van der Waals surface area (Å²) in [5.41, 5.74) is 7.04. The van der Waals surface area contributed by atoms with Crippen molar-refractivity contribution in [3.8, 4) is 5.75 Å². The van der Waals surface area contributed by atoms with Crippen molar-refractivity contribution in [1.29, 1.82) is 0 Å². The van der Waals surface area contributed by atoms with Crippen LogP contribution in [0.2, 0.25) is 0 Å². The number of carbonyl (C=O) groups is 2. The predicted octanol–water partition coefficient (Wildman–Crippen LogP) is 4.36. The number of halogens is 1. The monoisotopic (exact) mass is 454 g/mol. The fraction of sp³-hybridized carbons (Fsp3) is 0.462. The van der Waals surface area contributed by atoms with Gasteiger partial charge in [0.2, 0.25) is 5.91 Å². The van der Waals surface area contributed by atoms with Crippen LogP contribution >= 0.6 is 12.4 Å². The Morgan fingerprint density at radius 2 is 1.78 bits per heavy atom. The molecular formula is C26H31ClN2O3. The first-order valence-corrected chi connectivity index (χ1v) is 11.5. The van der Waals surface area contributed by atoms with Crippen molar-refractivity contribution >= 4 is 29.8 Å². The number of hydrogen-bond donors (Lipinski definition) is 0. The molecule has 6 heteroatoms. The minimum atomic E-state index is 0. The lowest BCUT2D eigenvalue weighted by molar-refractivity contribution is -0.118. The lowest BCUT2D eigenvalue weighted by atomic mass is 9.94. The second-order valence-corrected chi connectivity index (χ2v) is 8.98. The number of ketones is 1. The van der Waals surface area contributed by atoms with Crippen molar-refractivity contribution in [2.24, 2.45) is 0 Å². The summed E-state index contributed by atoms with van der Waals surface area (Å²) in [4.78, 5) is 29.4. The van der Waals surface area contributed by atoms with E-state index in [9.17, 15) is 9.59 Å². The van der Waals surface area contributed by atoms with Gasteiger partial charge in [-0.05, 0) is 91.7 Å². The second kappa shape index (κ2) is 9.63. The topological polar surface area (TPSA) is 49.9 Å². The summed E-state index contributed by atoms with van der Waals surface area (Å²) in [6.45, 7) is 3.72. The Bertz CT molecular complexity index is 1040. The molecular weight excluding hydrogens is 424 g/mol. The third-order valence-corrected chi connectivity index (χ3v) is 6.98. The molecule has 0 spiro atoms. The molecule has 3 aliphatic heterocycles. The van der Waals surface area contributed by atoms with Crippen LogP contribution in [-0.2, 0) is 30.6 Å². The van der Waals surface area contributed by atoms with Crippen LogP contribution < -0.4 is 9.64 Å². The van der Waals surface area contributed by atoms with E-state index in [0.717, 1.165) is 75.3 Å². The zero-order valence-corrected chi connectivity index (χ0v) is 19.5. The van der Waals surface area contributed by atoms with Gasteiger partial charge in [0.05, 0.1) is 12.8 Å². The molecule has 0 saturated carbocycles. The summed E-state index contributed by atoms with van der Waals surface area (Å²) >= 11 is 0. The zero-order valence-electron chi connectivity index (χ0n) is 18.7. The molecule has 2 aromatic carbocycles. The number of methoxy groups -OCH3 is 1. The Balaban J connectivity index is 0.00000245. The van der Waals surface area contributed by atoms with Crippen molar-refractivity contribution in [1.82, 2.24) is 4.90 Å². The maximum Gasteiger partial charge on any atom is 0.227 e. The molecule has 0 N–H and O–H groups in total. The van der Waals surface area contributed by atoms with Gasteiger partial charge in [-0.3, -0.25) is 14.5 Å². The lowest BCUT2D eigenvalue weighted by Gasteiger charge is -2.25. The van der Waals surface area contributed by atoms with Crippen molar-refractivity contribution in [3.63, 3.8) is 0 Å². The normalized spacial score (nSPS) is 17.3. The number of rotatable bonds is 6. The molecule has 0 fully saturated rings. The van der Waals surface area contributed by atoms with Crippen LogP contribution in [0.5, 0.6) is 5.75 Å². The number of nitrogens with zero attached hydrogens (tertiary/aromatic N) is 2. The molecule has 0 unspecified atom stereocenters. The summed E-state index contributed by atoms with van der Waals surface area (Å²) in [7, 11) is 1.72. The zero-order chi connectivity index (χ0) is 21.4. The average Bonchev–Trinajstić information content (AvgIpc) is 3.11. The van der Waals surface area contributed by atoms with E-state index in [2.05, 4.69) is 17.0 Å². The highest BCUT2D eigenvalue weighted by atomic mass is 35.5. The van der Waals surface area contributed by atoms with Gasteiger partial charge in [-0.2, -0.15) is 0 Å². The van der Waals surface area contributed by atoms with Gasteiger partial charge in [0.25, 0.3) is 0 Å². The Kier molecular flexibility index (Phi) is 6.87. The van der Waals surface area contributed by atoms with Gasteiger partial charge >= 0.3 is 0 Å². The summed E-state index contributed by atoms with van der Waals surface area (Å²) in [6, 6.07) is 10.5. The van der Waals surface area contributed by atoms with Crippen LogP contribution in [0.3, 0.4) is 0 Å². The van der Waals surface area contributed by atoms with Gasteiger partial charge in [0, 0.05) is 31.5 Å². The van der Waals surface area contributed by atoms with Crippen LogP contribution in [0.1, 0.15) is 58.3 Å². The molecule has 0 atom stereocenters. The molecule has 170 valence electrons. The number of ether oxygens (including phenoxy) is 1. The smallest absolute Gasteiger partial charge is 0.227 e. The van der Waals surface area contributed by atoms with Crippen molar-refractivity contribution in [3.05, 3.63) is 58.1 Å². The first kappa shape index (κ1) is 22.8. The standard InChI is InChI=1S/C26H30N2O3.ClH/c1-31-23-8-6-21-17-27(11-2-4-18(21)16-23)12-3-5-24(29)22-14-19-7-9-25(30)28-13-10-20(15-22)26(19)28;/h6,8,14-16H,2-5,7,9-13,17H2,1H3;1H. The molecule has 0 bridgehead atoms. The minimum absolute atomic E-state index is 0. The van der Waals surface area contributed by atoms with E-state index in [-0.39, 0.29) is 24.1 Å². The molecule has 5 rings (SSSR count). The molecule has 1 amide bonds. The van der Waals surface area contributed by atoms with Gasteiger partial charge in [0.1, 0.15) is 5.75 Å². The van der Waals surface area contributed by atoms with Gasteiger partial charge in [0.15, 0.2) is 5.78 Å². The molecule has 0 aromatic heterocycles. The molecule has 3 heterocycles. The van der Waals surface area contributed by atoms with Crippen LogP contribution in [0.25, 0.3) is 0 Å². The average molecular weight is 455 g/mol. The Morgan fingerprint density at radius 1 is 0.969 bits per heavy atom. The van der Waals surface area contributed by atoms with E-state index in [1.54, 1.807) is 7.11 Å². The fourth-order valence-corrected chi connectivity index (χ4v) is 5.35. The van der Waals surface area contributed by atoms with E-state index < -0.39 is 0 Å². The van der Waals surface area contributed by atoms with Gasteiger partial charge in [-0.15, -0.1) is 12.4 Å². The minimum Gasteiger partial charge on any atom is -0.497 e. The first-order chi connectivity index (χ1) is 15.1. The third-order valence-electron chi connectivity index (χ3n) is 6.98. The van der Waals surface area contributed by atoms with Crippen molar-refractivity contribution < 1.29 is 14.3 Å². The van der Waals surface area contributed by atoms with E-state index in [4.69, 9.17) is 4.74 Å². The summed E-state index contributed by atoms with van der Waals surface area (Å²) < 4.78 is 5.37. The van der Waals surface area contributed by atoms with E-state index in [1.165, 1.54) is 22.3 Å². The Labute approximate surface area is 196 Å². The van der Waals surface area contributed by atoms with Crippen LogP contribution in [0, 0.1) is 0 Å². The molecule has 3 aliphatic rings. The number of Topliss-reactive ketones (excluding diaryl/α,β-unsaturated/α-hetero) is 1. The van der Waals surface area contributed by atoms with Crippen LogP contribution in [0.15, 0.2) is 30.3 Å². The second-order valence-electron chi connectivity index (χ2n) is 8.98. The maximum absolute atomic E-state index is 12.9. The molecule has 2 aromatic rings. The maximum atomic E-state index is 12.9. The Morgan fingerprint density at radius 3 is 2.59 bits per heavy atom. The van der Waals surface area contributed by atoms with Gasteiger partial charge in [-0.1, -0.05) is 6.07 Å². The highest BCUT2D eigenvalue weighted by Gasteiger charge is 2.31. The van der Waals surface area contributed by atoms with E-state index >= 15 is 0 Å². The highest BCUT2D eigenvalue weighted by Crippen LogP contribution is 2.37. The van der Waals surface area contributed by atoms with Crippen molar-refractivity contribution in [2.45, 2.75) is 51.5 Å². The number of anilines is 1. The van der Waals surface area contributed by atoms with E-state index in [0.29, 0.717) is 12.8 Å². The van der Waals surface area contributed by atoms with Crippen LogP contribution in [-0.4, -0.2) is 43.3 Å². The largest absolute Gasteiger partial charge is 0.497 e. The highest BCUT2D eigenvalue weighted by molar-refractivity contribution is 6.02. The number of hydrogen-bond acceptors (Lipinski definition) is 4. The first-order valence-electron chi connectivity index (χ1n) is 11.5. The molecule has 32 heavy (non-hydrogen) atoms. The van der Waals surface area contributed by atoms with Crippen molar-refractivity contribution in [2.75, 3.05) is 31.6 Å². The number of carbonyl (C=O) groups excluding carboxylic acids is 2. The quantitative estimate of drug-likeness (QED) is 0.608. The fourth-order valence-electron chi connectivity index (χ4n) is 5.35. The lowest BCUT2D eigenvalue weighted by Crippen LogP contribution is -2.32. The van der Waals surface area contributed by atoms with Gasteiger partial charge < -0.3 is 9.64 Å². The number of amides is 1. The van der Waals surface area contributed by atoms with Crippen LogP contribution in [0.4, 0.5) is 5.69 Å². The summed E-state index contributed by atoms with van der Waals surface area (Å²) in [5, 5.41) is 0. The summed E-state index contributed by atoms with van der Waals surface area (Å²) in [6.07, 6.45) is 5.86. The van der Waals surface area contributed by atoms with E-state index in [1.807, 2.05) is 23.1 Å². The number of benzene rings is 2. The summed E-state index contributed by atoms with van der Waals surface area (Å²) in [5.74, 6) is 1.39. The predicted molar refractivity (Wildman–Crippen MR) is 128 cm³/mol. The van der Waals surface area contributed by atoms with Gasteiger partial charge in [-0.25, -0.2) is 0 Å². The molecule has 5 nitrogen and oxygen atoms in total. The molecule has 0 radical (unpaired) electrons. The molecule has 0 saturated heterocycles. The number of aryl methyl sites for hydroxylation is 2. The molecule has 0 aliphatic carbocycles. The number of fused-ring (bicyclic) bond motifs is 1. The Hall–Kier alpha value is -2.37.